The first kappa shape index (κ1) is 13.7. The van der Waals surface area contributed by atoms with Crippen LogP contribution in [0, 0.1) is 0 Å². The number of fused-ring (bicyclic) bond motifs is 1. The third kappa shape index (κ3) is 3.16. The fourth-order valence-electron chi connectivity index (χ4n) is 2.53. The second-order valence-electron chi connectivity index (χ2n) is 4.81. The molecule has 0 fully saturated rings. The molecular weight excluding hydrogens is 238 g/mol. The molecule has 0 radical (unpaired) electrons. The molecule has 0 unspecified atom stereocenters. The number of anilines is 1. The zero-order chi connectivity index (χ0) is 13.7. The average molecular weight is 259 g/mol. The summed E-state index contributed by atoms with van der Waals surface area (Å²) in [6.45, 7) is 4.23. The summed E-state index contributed by atoms with van der Waals surface area (Å²) in [5.41, 5.74) is 3.09. The van der Waals surface area contributed by atoms with Gasteiger partial charge in [-0.15, -0.1) is 0 Å². The van der Waals surface area contributed by atoms with Crippen LogP contribution in [0.15, 0.2) is 29.8 Å². The third-order valence-corrected chi connectivity index (χ3v) is 3.42. The fraction of sp³-hybridized carbons (Fsp3) is 0.438. The normalized spacial score (nSPS) is 15.1. The molecule has 1 heterocycles. The van der Waals surface area contributed by atoms with Crippen molar-refractivity contribution in [2.45, 2.75) is 26.2 Å². The lowest BCUT2D eigenvalue weighted by atomic mass is 10.0. The van der Waals surface area contributed by atoms with Gasteiger partial charge in [-0.2, -0.15) is 0 Å². The van der Waals surface area contributed by atoms with Gasteiger partial charge in [0.25, 0.3) is 0 Å². The highest BCUT2D eigenvalue weighted by molar-refractivity contribution is 5.94. The number of carbonyl (C=O) groups excluding carboxylic acids is 1. The Kier molecular flexibility index (Phi) is 4.61. The minimum absolute atomic E-state index is 0.209. The molecule has 0 N–H and O–H groups in total. The van der Waals surface area contributed by atoms with Crippen LogP contribution in [0.4, 0.5) is 5.69 Å². The van der Waals surface area contributed by atoms with Gasteiger partial charge in [0.15, 0.2) is 0 Å². The topological polar surface area (TPSA) is 29.5 Å². The Hall–Kier alpha value is -1.77. The summed E-state index contributed by atoms with van der Waals surface area (Å²) in [5.74, 6) is -0.209. The molecule has 0 spiro atoms. The van der Waals surface area contributed by atoms with E-state index in [1.165, 1.54) is 12.8 Å². The Morgan fingerprint density at radius 3 is 2.89 bits per heavy atom. The molecule has 3 nitrogen and oxygen atoms in total. The Labute approximate surface area is 114 Å². The summed E-state index contributed by atoms with van der Waals surface area (Å²) in [7, 11) is 1.44. The monoisotopic (exact) mass is 259 g/mol. The first-order chi connectivity index (χ1) is 9.26. The van der Waals surface area contributed by atoms with Gasteiger partial charge in [-0.25, -0.2) is 4.79 Å². The summed E-state index contributed by atoms with van der Waals surface area (Å²) < 4.78 is 4.85. The number of para-hydroxylation sites is 1. The minimum atomic E-state index is -0.209. The fourth-order valence-corrected chi connectivity index (χ4v) is 2.53. The largest absolute Gasteiger partial charge is 0.466 e. The Morgan fingerprint density at radius 1 is 1.37 bits per heavy atom. The van der Waals surface area contributed by atoms with Gasteiger partial charge >= 0.3 is 5.97 Å². The number of hydrogen-bond acceptors (Lipinski definition) is 3. The van der Waals surface area contributed by atoms with Crippen molar-refractivity contribution in [1.29, 1.82) is 0 Å². The van der Waals surface area contributed by atoms with Gasteiger partial charge in [0, 0.05) is 24.4 Å². The Bertz CT molecular complexity index is 479. The number of rotatable bonds is 3. The highest BCUT2D eigenvalue weighted by Crippen LogP contribution is 2.27. The van der Waals surface area contributed by atoms with Crippen LogP contribution >= 0.6 is 0 Å². The Morgan fingerprint density at radius 2 is 2.16 bits per heavy atom. The average Bonchev–Trinajstić information content (AvgIpc) is 2.42. The molecule has 0 saturated carbocycles. The lowest BCUT2D eigenvalue weighted by molar-refractivity contribution is -0.136. The van der Waals surface area contributed by atoms with Crippen LogP contribution in [0.2, 0.25) is 0 Å². The van der Waals surface area contributed by atoms with Crippen molar-refractivity contribution in [3.05, 3.63) is 35.4 Å². The maximum absolute atomic E-state index is 11.7. The van der Waals surface area contributed by atoms with Crippen LogP contribution in [0.3, 0.4) is 0 Å². The summed E-state index contributed by atoms with van der Waals surface area (Å²) >= 11 is 0. The summed E-state index contributed by atoms with van der Waals surface area (Å²) in [4.78, 5) is 14.1. The third-order valence-electron chi connectivity index (χ3n) is 3.42. The van der Waals surface area contributed by atoms with E-state index in [-0.39, 0.29) is 5.97 Å². The van der Waals surface area contributed by atoms with Gasteiger partial charge in [0.2, 0.25) is 0 Å². The second kappa shape index (κ2) is 6.41. The molecule has 0 aliphatic carbocycles. The van der Waals surface area contributed by atoms with Crippen LogP contribution in [0.1, 0.15) is 31.7 Å². The molecule has 3 heteroatoms. The SMILES string of the molecule is CCCN1CCCC(C(=O)OC)=Cc2ccccc21. The van der Waals surface area contributed by atoms with E-state index in [2.05, 4.69) is 30.0 Å². The van der Waals surface area contributed by atoms with Crippen molar-refractivity contribution in [3.63, 3.8) is 0 Å². The van der Waals surface area contributed by atoms with Crippen molar-refractivity contribution < 1.29 is 9.53 Å². The second-order valence-corrected chi connectivity index (χ2v) is 4.81. The van der Waals surface area contributed by atoms with E-state index in [4.69, 9.17) is 4.74 Å². The van der Waals surface area contributed by atoms with E-state index in [9.17, 15) is 4.79 Å². The maximum atomic E-state index is 11.7. The molecule has 102 valence electrons. The molecular formula is C16H21NO2. The van der Waals surface area contributed by atoms with Crippen molar-refractivity contribution in [3.8, 4) is 0 Å². The summed E-state index contributed by atoms with van der Waals surface area (Å²) in [6.07, 6.45) is 4.86. The molecule has 1 aromatic carbocycles. The lowest BCUT2D eigenvalue weighted by Crippen LogP contribution is -2.27. The molecule has 19 heavy (non-hydrogen) atoms. The van der Waals surface area contributed by atoms with E-state index in [1.54, 1.807) is 0 Å². The summed E-state index contributed by atoms with van der Waals surface area (Å²) in [5, 5.41) is 0. The van der Waals surface area contributed by atoms with E-state index >= 15 is 0 Å². The van der Waals surface area contributed by atoms with Crippen LogP contribution in [-0.2, 0) is 9.53 Å². The van der Waals surface area contributed by atoms with Crippen LogP contribution in [0.25, 0.3) is 6.08 Å². The van der Waals surface area contributed by atoms with Crippen LogP contribution in [-0.4, -0.2) is 26.2 Å². The molecule has 2 rings (SSSR count). The number of carbonyl (C=O) groups is 1. The number of ether oxygens (including phenoxy) is 1. The number of hydrogen-bond donors (Lipinski definition) is 0. The zero-order valence-corrected chi connectivity index (χ0v) is 11.7. The van der Waals surface area contributed by atoms with Gasteiger partial charge in [-0.05, 0) is 37.0 Å². The zero-order valence-electron chi connectivity index (χ0n) is 11.7. The van der Waals surface area contributed by atoms with Gasteiger partial charge < -0.3 is 9.64 Å². The van der Waals surface area contributed by atoms with Crippen molar-refractivity contribution in [1.82, 2.24) is 0 Å². The predicted octanol–water partition coefficient (Wildman–Crippen LogP) is 3.25. The number of nitrogens with zero attached hydrogens (tertiary/aromatic N) is 1. The highest BCUT2D eigenvalue weighted by atomic mass is 16.5. The standard InChI is InChI=1S/C16H21NO2/c1-3-10-17-11-6-8-14(16(18)19-2)12-13-7-4-5-9-15(13)17/h4-5,7,9,12H,3,6,8,10-11H2,1-2H3. The number of benzene rings is 1. The lowest BCUT2D eigenvalue weighted by Gasteiger charge is -2.28. The maximum Gasteiger partial charge on any atom is 0.333 e. The first-order valence-corrected chi connectivity index (χ1v) is 6.89. The van der Waals surface area contributed by atoms with E-state index in [0.717, 1.165) is 43.5 Å². The van der Waals surface area contributed by atoms with E-state index in [1.807, 2.05) is 12.1 Å². The molecule has 1 aliphatic heterocycles. The smallest absolute Gasteiger partial charge is 0.333 e. The minimum Gasteiger partial charge on any atom is -0.466 e. The number of methoxy groups -OCH3 is 1. The van der Waals surface area contributed by atoms with Gasteiger partial charge in [0.1, 0.15) is 0 Å². The molecule has 1 aliphatic rings. The van der Waals surface area contributed by atoms with E-state index in [0.29, 0.717) is 0 Å². The van der Waals surface area contributed by atoms with Crippen LogP contribution in [0.5, 0.6) is 0 Å². The van der Waals surface area contributed by atoms with E-state index < -0.39 is 0 Å². The molecule has 0 amide bonds. The molecule has 0 saturated heterocycles. The van der Waals surface area contributed by atoms with Crippen LogP contribution < -0.4 is 4.90 Å². The van der Waals surface area contributed by atoms with Crippen molar-refractivity contribution >= 4 is 17.7 Å². The quantitative estimate of drug-likeness (QED) is 0.780. The first-order valence-electron chi connectivity index (χ1n) is 6.89. The molecule has 0 aromatic heterocycles. The van der Waals surface area contributed by atoms with Gasteiger partial charge in [-0.1, -0.05) is 25.1 Å². The summed E-state index contributed by atoms with van der Waals surface area (Å²) in [6, 6.07) is 8.25. The predicted molar refractivity (Wildman–Crippen MR) is 78.2 cm³/mol. The number of esters is 1. The van der Waals surface area contributed by atoms with Crippen molar-refractivity contribution in [2.24, 2.45) is 0 Å². The van der Waals surface area contributed by atoms with Gasteiger partial charge in [-0.3, -0.25) is 0 Å². The van der Waals surface area contributed by atoms with Crippen molar-refractivity contribution in [2.75, 3.05) is 25.1 Å². The molecule has 0 bridgehead atoms. The molecule has 1 aromatic rings. The highest BCUT2D eigenvalue weighted by Gasteiger charge is 2.17. The Balaban J connectivity index is 2.40. The molecule has 0 atom stereocenters. The van der Waals surface area contributed by atoms with Gasteiger partial charge in [0.05, 0.1) is 7.11 Å².